The largest absolute Gasteiger partial charge is 0.491 e. The van der Waals surface area contributed by atoms with Gasteiger partial charge in [0.25, 0.3) is 10.0 Å². The first kappa shape index (κ1) is 23.0. The summed E-state index contributed by atoms with van der Waals surface area (Å²) in [7, 11) is -5.04. The Morgan fingerprint density at radius 3 is 2.77 bits per heavy atom. The number of aromatic amines is 1. The normalized spacial score (nSPS) is 12.9. The summed E-state index contributed by atoms with van der Waals surface area (Å²) >= 11 is 0. The highest BCUT2D eigenvalue weighted by Crippen LogP contribution is 2.29. The van der Waals surface area contributed by atoms with E-state index in [2.05, 4.69) is 20.0 Å². The van der Waals surface area contributed by atoms with E-state index in [-0.39, 0.29) is 11.5 Å². The van der Waals surface area contributed by atoms with Gasteiger partial charge >= 0.3 is 7.12 Å². The molecule has 3 aromatic carbocycles. The fraction of sp³-hybridized carbons (Fsp3) is 0.125. The van der Waals surface area contributed by atoms with Crippen molar-refractivity contribution in [3.8, 4) is 5.75 Å². The number of fused-ring (bicyclic) bond motifs is 1. The van der Waals surface area contributed by atoms with Crippen molar-refractivity contribution in [2.24, 2.45) is 0 Å². The van der Waals surface area contributed by atoms with Gasteiger partial charge in [-0.15, -0.1) is 0 Å². The molecule has 0 amide bonds. The minimum absolute atomic E-state index is 0.0495. The van der Waals surface area contributed by atoms with Crippen LogP contribution in [0.3, 0.4) is 0 Å². The Morgan fingerprint density at radius 1 is 1.11 bits per heavy atom. The molecule has 0 fully saturated rings. The summed E-state index contributed by atoms with van der Waals surface area (Å²) in [6, 6.07) is 19.4. The first-order valence-electron chi connectivity index (χ1n) is 11.0. The third-order valence-electron chi connectivity index (χ3n) is 5.55. The third kappa shape index (κ3) is 5.32. The molecule has 5 rings (SSSR count). The van der Waals surface area contributed by atoms with Crippen LogP contribution in [-0.4, -0.2) is 30.5 Å². The van der Waals surface area contributed by atoms with Gasteiger partial charge in [-0.1, -0.05) is 36.4 Å². The Labute approximate surface area is 203 Å². The average molecular weight is 490 g/mol. The molecule has 2 heterocycles. The molecule has 1 aliphatic heterocycles. The summed E-state index contributed by atoms with van der Waals surface area (Å²) in [6.45, 7) is 0.928. The zero-order chi connectivity index (χ0) is 24.3. The van der Waals surface area contributed by atoms with Gasteiger partial charge in [-0.2, -0.15) is 0 Å². The maximum Gasteiger partial charge on any atom is 0.491 e. The maximum atomic E-state index is 13.3. The second kappa shape index (κ2) is 9.83. The second-order valence-corrected chi connectivity index (χ2v) is 9.65. The molecular weight excluding hydrogens is 467 g/mol. The summed E-state index contributed by atoms with van der Waals surface area (Å²) in [4.78, 5) is 7.22. The van der Waals surface area contributed by atoms with Crippen molar-refractivity contribution in [2.75, 3.05) is 10.0 Å². The molecule has 0 saturated carbocycles. The van der Waals surface area contributed by atoms with Crippen molar-refractivity contribution in [1.29, 1.82) is 0 Å². The predicted octanol–water partition coefficient (Wildman–Crippen LogP) is 2.62. The lowest BCUT2D eigenvalue weighted by Gasteiger charge is -2.16. The van der Waals surface area contributed by atoms with Gasteiger partial charge in [-0.25, -0.2) is 13.4 Å². The van der Waals surface area contributed by atoms with Crippen LogP contribution in [-0.2, 0) is 34.4 Å². The van der Waals surface area contributed by atoms with Crippen LogP contribution < -0.4 is 20.2 Å². The van der Waals surface area contributed by atoms with E-state index >= 15 is 0 Å². The van der Waals surface area contributed by atoms with Gasteiger partial charge < -0.3 is 24.7 Å². The monoisotopic (exact) mass is 490 g/mol. The van der Waals surface area contributed by atoms with Crippen LogP contribution in [0.5, 0.6) is 5.75 Å². The Kier molecular flexibility index (Phi) is 6.45. The summed E-state index contributed by atoms with van der Waals surface area (Å²) in [6.07, 6.45) is 3.32. The van der Waals surface area contributed by atoms with Crippen LogP contribution in [0.25, 0.3) is 0 Å². The number of rotatable bonds is 9. The molecule has 0 bridgehead atoms. The summed E-state index contributed by atoms with van der Waals surface area (Å²) < 4.78 is 40.4. The zero-order valence-electron chi connectivity index (χ0n) is 18.6. The minimum atomic E-state index is -3.97. The zero-order valence-corrected chi connectivity index (χ0v) is 19.5. The number of aromatic nitrogens is 2. The molecule has 178 valence electrons. The van der Waals surface area contributed by atoms with Gasteiger partial charge in [0.15, 0.2) is 0 Å². The predicted molar refractivity (Wildman–Crippen MR) is 133 cm³/mol. The number of H-pyrrole nitrogens is 1. The standard InChI is InChI=1S/C24H23BN4O5S/c30-25-21-12-19(7-6-18(21)16-34-25)29-35(31,32)23-9-8-20(33-15-17-4-2-1-3-5-17)13-22(23)28-14-24-26-10-11-27-24/h1-13,28-30H,14-16H2,(H,26,27). The van der Waals surface area contributed by atoms with E-state index in [1.807, 2.05) is 30.3 Å². The molecule has 9 nitrogen and oxygen atoms in total. The molecule has 1 aliphatic rings. The quantitative estimate of drug-likeness (QED) is 0.266. The number of nitrogens with one attached hydrogen (secondary N) is 3. The van der Waals surface area contributed by atoms with Crippen LogP contribution >= 0.6 is 0 Å². The molecule has 1 aromatic heterocycles. The van der Waals surface area contributed by atoms with Crippen molar-refractivity contribution < 1.29 is 22.8 Å². The lowest BCUT2D eigenvalue weighted by Crippen LogP contribution is -2.28. The topological polar surface area (TPSA) is 126 Å². The van der Waals surface area contributed by atoms with Gasteiger partial charge in [0.1, 0.15) is 23.1 Å². The first-order valence-corrected chi connectivity index (χ1v) is 12.4. The van der Waals surface area contributed by atoms with Crippen LogP contribution in [0.4, 0.5) is 11.4 Å². The number of ether oxygens (including phenoxy) is 1. The van der Waals surface area contributed by atoms with Crippen molar-refractivity contribution >= 4 is 34.0 Å². The minimum Gasteiger partial charge on any atom is -0.489 e. The number of imidazole rings is 1. The van der Waals surface area contributed by atoms with Crippen molar-refractivity contribution in [3.05, 3.63) is 96.1 Å². The summed E-state index contributed by atoms with van der Waals surface area (Å²) in [5.74, 6) is 1.18. The Balaban J connectivity index is 1.41. The molecule has 11 heteroatoms. The van der Waals surface area contributed by atoms with Crippen LogP contribution in [0.1, 0.15) is 17.0 Å². The van der Waals surface area contributed by atoms with E-state index < -0.39 is 17.1 Å². The number of anilines is 2. The number of hydrogen-bond acceptors (Lipinski definition) is 7. The van der Waals surface area contributed by atoms with Gasteiger partial charge in [-0.3, -0.25) is 4.72 Å². The smallest absolute Gasteiger partial charge is 0.489 e. The molecule has 4 N–H and O–H groups in total. The first-order chi connectivity index (χ1) is 17.0. The van der Waals surface area contributed by atoms with Crippen LogP contribution in [0.2, 0.25) is 0 Å². The number of nitrogens with zero attached hydrogens (tertiary/aromatic N) is 1. The third-order valence-corrected chi connectivity index (χ3v) is 6.99. The highest BCUT2D eigenvalue weighted by atomic mass is 32.2. The molecule has 0 spiro atoms. The van der Waals surface area contributed by atoms with Gasteiger partial charge in [0.2, 0.25) is 0 Å². The summed E-state index contributed by atoms with van der Waals surface area (Å²) in [5.41, 5.74) is 3.06. The van der Waals surface area contributed by atoms with E-state index in [1.54, 1.807) is 42.7 Å². The van der Waals surface area contributed by atoms with Crippen molar-refractivity contribution in [1.82, 2.24) is 9.97 Å². The van der Waals surface area contributed by atoms with Crippen molar-refractivity contribution in [2.45, 2.75) is 24.7 Å². The van der Waals surface area contributed by atoms with Crippen molar-refractivity contribution in [3.63, 3.8) is 0 Å². The molecule has 0 aliphatic carbocycles. The number of sulfonamides is 1. The van der Waals surface area contributed by atoms with Crippen LogP contribution in [0, 0.1) is 0 Å². The van der Waals surface area contributed by atoms with E-state index in [4.69, 9.17) is 9.39 Å². The van der Waals surface area contributed by atoms with Gasteiger partial charge in [-0.05, 0) is 40.9 Å². The van der Waals surface area contributed by atoms with Crippen LogP contribution in [0.15, 0.2) is 84.0 Å². The van der Waals surface area contributed by atoms with Gasteiger partial charge in [0, 0.05) is 24.1 Å². The number of hydrogen-bond donors (Lipinski definition) is 4. The Bertz CT molecular complexity index is 1420. The molecule has 35 heavy (non-hydrogen) atoms. The molecule has 0 atom stereocenters. The maximum absolute atomic E-state index is 13.3. The molecule has 0 unspecified atom stereocenters. The Morgan fingerprint density at radius 2 is 1.97 bits per heavy atom. The highest BCUT2D eigenvalue weighted by molar-refractivity contribution is 7.92. The molecule has 0 saturated heterocycles. The lowest BCUT2D eigenvalue weighted by atomic mass is 9.79. The molecule has 0 radical (unpaired) electrons. The molecular formula is C24H23BN4O5S. The number of benzene rings is 3. The van der Waals surface area contributed by atoms with E-state index in [0.29, 0.717) is 41.6 Å². The van der Waals surface area contributed by atoms with E-state index in [9.17, 15) is 13.4 Å². The SMILES string of the molecule is O=S(=O)(Nc1ccc2c(c1)B(O)OC2)c1ccc(OCc2ccccc2)cc1NCc1ncc[nH]1. The average Bonchev–Trinajstić information content (AvgIpc) is 3.52. The molecule has 4 aromatic rings. The fourth-order valence-electron chi connectivity index (χ4n) is 3.77. The summed E-state index contributed by atoms with van der Waals surface area (Å²) in [5, 5.41) is 13.1. The highest BCUT2D eigenvalue weighted by Gasteiger charge is 2.28. The fourth-order valence-corrected chi connectivity index (χ4v) is 4.99. The van der Waals surface area contributed by atoms with Gasteiger partial charge in [0.05, 0.1) is 18.8 Å². The lowest BCUT2D eigenvalue weighted by molar-refractivity contribution is 0.275. The van der Waals surface area contributed by atoms with E-state index in [1.165, 1.54) is 6.07 Å². The van der Waals surface area contributed by atoms with E-state index in [0.717, 1.165) is 11.1 Å². The Hall–Kier alpha value is -3.80. The second-order valence-electron chi connectivity index (χ2n) is 8.00.